The van der Waals surface area contributed by atoms with Gasteiger partial charge in [0.15, 0.2) is 0 Å². The average Bonchev–Trinajstić information content (AvgIpc) is 3.45. The van der Waals surface area contributed by atoms with Crippen LogP contribution in [-0.4, -0.2) is 29.6 Å². The molecule has 0 unspecified atom stereocenters. The molecule has 1 aliphatic heterocycles. The van der Waals surface area contributed by atoms with Crippen LogP contribution in [0.25, 0.3) is 32.9 Å². The van der Waals surface area contributed by atoms with Gasteiger partial charge in [-0.2, -0.15) is 0 Å². The Kier molecular flexibility index (Phi) is 4.05. The molecule has 4 aromatic rings. The van der Waals surface area contributed by atoms with E-state index in [-0.39, 0.29) is 11.8 Å². The van der Waals surface area contributed by atoms with Crippen LogP contribution < -0.4 is 10.6 Å². The van der Waals surface area contributed by atoms with Gasteiger partial charge < -0.3 is 20.4 Å². The number of aromatic nitrogens is 1. The largest absolute Gasteiger partial charge is 0.446 e. The number of benzene rings is 3. The van der Waals surface area contributed by atoms with Crippen LogP contribution in [-0.2, 0) is 11.3 Å². The van der Waals surface area contributed by atoms with Crippen molar-refractivity contribution in [1.29, 1.82) is 0 Å². The first-order valence-electron chi connectivity index (χ1n) is 11.0. The van der Waals surface area contributed by atoms with Gasteiger partial charge in [-0.25, -0.2) is 4.79 Å². The van der Waals surface area contributed by atoms with Gasteiger partial charge in [-0.3, -0.25) is 4.79 Å². The molecule has 0 fully saturated rings. The van der Waals surface area contributed by atoms with E-state index in [9.17, 15) is 9.59 Å². The van der Waals surface area contributed by atoms with Crippen LogP contribution in [0.15, 0.2) is 48.5 Å². The number of alkyl carbamates (subject to hydrolysis) is 1. The first-order chi connectivity index (χ1) is 15.6. The van der Waals surface area contributed by atoms with E-state index < -0.39 is 12.2 Å². The van der Waals surface area contributed by atoms with E-state index in [1.807, 2.05) is 38.1 Å². The highest BCUT2D eigenvalue weighted by atomic mass is 16.6. The van der Waals surface area contributed by atoms with Crippen molar-refractivity contribution in [2.24, 2.45) is 0 Å². The zero-order valence-electron chi connectivity index (χ0n) is 17.9. The summed E-state index contributed by atoms with van der Waals surface area (Å²) in [5.74, 6) is -0.228. The van der Waals surface area contributed by atoms with E-state index in [1.54, 1.807) is 0 Å². The van der Waals surface area contributed by atoms with Gasteiger partial charge in [0.2, 0.25) is 0 Å². The van der Waals surface area contributed by atoms with Gasteiger partial charge in [-0.15, -0.1) is 0 Å². The molecule has 32 heavy (non-hydrogen) atoms. The molecule has 6 rings (SSSR count). The molecule has 1 aliphatic carbocycles. The van der Waals surface area contributed by atoms with Crippen molar-refractivity contribution in [2.45, 2.75) is 32.4 Å². The number of hydrogen-bond acceptors (Lipinski definition) is 3. The second-order valence-corrected chi connectivity index (χ2v) is 8.45. The number of rotatable bonds is 3. The topological polar surface area (TPSA) is 83.2 Å². The fraction of sp³-hybridized carbons (Fsp3) is 0.231. The van der Waals surface area contributed by atoms with Crippen molar-refractivity contribution in [3.8, 4) is 11.1 Å². The van der Waals surface area contributed by atoms with Gasteiger partial charge in [0.05, 0.1) is 11.1 Å². The minimum Gasteiger partial charge on any atom is -0.446 e. The number of amides is 2. The third kappa shape index (κ3) is 2.46. The standard InChI is InChI=1S/C26H23N3O3/c1-3-27-26(31)32-13(2)19-14-8-4-5-9-15(14)21-22-17(12-28-25(22)30)20-16-10-6-7-11-18(16)29-24(20)23(19)21/h4-11,13,19,29H,3,12H2,1-2H3,(H,27,31)(H,28,30)/t13-,19-/m0/s1. The Balaban J connectivity index is 1.69. The zero-order valence-corrected chi connectivity index (χ0v) is 17.9. The van der Waals surface area contributed by atoms with Crippen LogP contribution >= 0.6 is 0 Å². The Hall–Kier alpha value is -3.80. The molecule has 0 radical (unpaired) electrons. The highest BCUT2D eigenvalue weighted by molar-refractivity contribution is 6.20. The molecule has 6 heteroatoms. The smallest absolute Gasteiger partial charge is 0.407 e. The van der Waals surface area contributed by atoms with Crippen LogP contribution in [0.5, 0.6) is 0 Å². The van der Waals surface area contributed by atoms with Crippen molar-refractivity contribution in [2.75, 3.05) is 6.54 Å². The number of ether oxygens (including phenoxy) is 1. The van der Waals surface area contributed by atoms with Crippen molar-refractivity contribution < 1.29 is 14.3 Å². The molecule has 2 aliphatic rings. The Morgan fingerprint density at radius 1 is 1.16 bits per heavy atom. The van der Waals surface area contributed by atoms with Gasteiger partial charge in [-0.1, -0.05) is 42.5 Å². The summed E-state index contributed by atoms with van der Waals surface area (Å²) < 4.78 is 5.79. The van der Waals surface area contributed by atoms with Gasteiger partial charge in [0.25, 0.3) is 5.91 Å². The lowest BCUT2D eigenvalue weighted by Crippen LogP contribution is -2.30. The normalized spacial score (nSPS) is 17.1. The summed E-state index contributed by atoms with van der Waals surface area (Å²) in [6, 6.07) is 16.3. The maximum absolute atomic E-state index is 13.1. The lowest BCUT2D eigenvalue weighted by Gasteiger charge is -2.23. The van der Waals surface area contributed by atoms with Gasteiger partial charge in [-0.05, 0) is 42.2 Å². The number of hydrogen-bond donors (Lipinski definition) is 3. The number of aromatic amines is 1. The van der Waals surface area contributed by atoms with Gasteiger partial charge in [0.1, 0.15) is 6.10 Å². The predicted octanol–water partition coefficient (Wildman–Crippen LogP) is 4.81. The SMILES string of the molecule is CCNC(=O)O[C@@H](C)[C@H]1c2ccccc2-c2c3c(c4c([nH]c5ccccc54)c21)CNC3=O. The van der Waals surface area contributed by atoms with E-state index in [1.165, 1.54) is 0 Å². The number of nitrogens with one attached hydrogen (secondary N) is 3. The van der Waals surface area contributed by atoms with E-state index in [0.29, 0.717) is 13.1 Å². The molecule has 0 bridgehead atoms. The molecule has 0 spiro atoms. The minimum absolute atomic E-state index is 0.0452. The Labute approximate surface area is 185 Å². The van der Waals surface area contributed by atoms with Crippen molar-refractivity contribution in [3.05, 3.63) is 70.8 Å². The number of fused-ring (bicyclic) bond motifs is 10. The van der Waals surface area contributed by atoms with Crippen LogP contribution in [0.2, 0.25) is 0 Å². The fourth-order valence-electron chi connectivity index (χ4n) is 5.53. The Morgan fingerprint density at radius 2 is 1.94 bits per heavy atom. The molecule has 2 heterocycles. The second kappa shape index (κ2) is 6.85. The minimum atomic E-state index is -0.433. The second-order valence-electron chi connectivity index (χ2n) is 8.45. The van der Waals surface area contributed by atoms with Crippen molar-refractivity contribution >= 4 is 33.8 Å². The third-order valence-electron chi connectivity index (χ3n) is 6.71. The average molecular weight is 425 g/mol. The highest BCUT2D eigenvalue weighted by Crippen LogP contribution is 2.54. The van der Waals surface area contributed by atoms with Crippen LogP contribution in [0.4, 0.5) is 4.79 Å². The van der Waals surface area contributed by atoms with Gasteiger partial charge in [0, 0.05) is 40.9 Å². The molecule has 3 aromatic carbocycles. The zero-order chi connectivity index (χ0) is 22.0. The summed E-state index contributed by atoms with van der Waals surface area (Å²) in [5, 5.41) is 7.94. The molecule has 160 valence electrons. The lowest BCUT2D eigenvalue weighted by atomic mass is 9.87. The van der Waals surface area contributed by atoms with Crippen molar-refractivity contribution in [1.82, 2.24) is 15.6 Å². The fourth-order valence-corrected chi connectivity index (χ4v) is 5.53. The molecule has 2 amide bonds. The highest BCUT2D eigenvalue weighted by Gasteiger charge is 2.41. The first kappa shape index (κ1) is 18.9. The maximum atomic E-state index is 13.1. The summed E-state index contributed by atoms with van der Waals surface area (Å²) >= 11 is 0. The van der Waals surface area contributed by atoms with Crippen LogP contribution in [0, 0.1) is 0 Å². The summed E-state index contributed by atoms with van der Waals surface area (Å²) in [7, 11) is 0. The van der Waals surface area contributed by atoms with Gasteiger partial charge >= 0.3 is 6.09 Å². The Bertz CT molecular complexity index is 1440. The molecular weight excluding hydrogens is 402 g/mol. The predicted molar refractivity (Wildman–Crippen MR) is 124 cm³/mol. The lowest BCUT2D eigenvalue weighted by molar-refractivity contribution is 0.0961. The molecule has 0 saturated carbocycles. The summed E-state index contributed by atoms with van der Waals surface area (Å²) in [6.45, 7) is 4.80. The van der Waals surface area contributed by atoms with E-state index in [4.69, 9.17) is 4.74 Å². The molecule has 0 saturated heterocycles. The quantitative estimate of drug-likeness (QED) is 0.440. The molecule has 6 nitrogen and oxygen atoms in total. The number of H-pyrrole nitrogens is 1. The third-order valence-corrected chi connectivity index (χ3v) is 6.71. The number of carbonyl (C=O) groups excluding carboxylic acids is 2. The summed E-state index contributed by atoms with van der Waals surface area (Å²) in [4.78, 5) is 29.0. The molecule has 2 atom stereocenters. The van der Waals surface area contributed by atoms with Crippen LogP contribution in [0.1, 0.15) is 46.8 Å². The maximum Gasteiger partial charge on any atom is 0.407 e. The number of carbonyl (C=O) groups is 2. The Morgan fingerprint density at radius 3 is 2.78 bits per heavy atom. The molecular formula is C26H23N3O3. The van der Waals surface area contributed by atoms with Crippen LogP contribution in [0.3, 0.4) is 0 Å². The summed E-state index contributed by atoms with van der Waals surface area (Å²) in [5.41, 5.74) is 7.94. The number of para-hydroxylation sites is 1. The van der Waals surface area contributed by atoms with E-state index >= 15 is 0 Å². The summed E-state index contributed by atoms with van der Waals surface area (Å²) in [6.07, 6.45) is -0.848. The van der Waals surface area contributed by atoms with E-state index in [0.717, 1.165) is 55.2 Å². The van der Waals surface area contributed by atoms with E-state index in [2.05, 4.69) is 39.9 Å². The molecule has 1 aromatic heterocycles. The first-order valence-corrected chi connectivity index (χ1v) is 11.0. The monoisotopic (exact) mass is 425 g/mol. The molecule has 3 N–H and O–H groups in total. The van der Waals surface area contributed by atoms with Crippen molar-refractivity contribution in [3.63, 3.8) is 0 Å².